The Morgan fingerprint density at radius 2 is 1.95 bits per heavy atom. The molecule has 0 aromatic heterocycles. The quantitative estimate of drug-likeness (QED) is 0.903. The molecule has 2 aromatic carbocycles. The minimum absolute atomic E-state index is 0.0972. The molecule has 0 aliphatic rings. The number of nitriles is 1. The number of carbonyl (C=O) groups is 1. The minimum atomic E-state index is -0.167. The molecule has 2 rings (SSSR count). The van der Waals surface area contributed by atoms with Crippen molar-refractivity contribution in [3.8, 4) is 6.07 Å². The Bertz CT molecular complexity index is 650. The van der Waals surface area contributed by atoms with E-state index in [0.717, 1.165) is 10.2 Å². The molecule has 5 heteroatoms. The lowest BCUT2D eigenvalue weighted by atomic mass is 10.2. The van der Waals surface area contributed by atoms with E-state index >= 15 is 0 Å². The van der Waals surface area contributed by atoms with Gasteiger partial charge in [0.15, 0.2) is 0 Å². The number of carbonyl (C=O) groups excluding carboxylic acids is 1. The van der Waals surface area contributed by atoms with Crippen LogP contribution in [0, 0.1) is 11.3 Å². The van der Waals surface area contributed by atoms with Crippen LogP contribution < -0.4 is 10.6 Å². The fourth-order valence-electron chi connectivity index (χ4n) is 1.66. The van der Waals surface area contributed by atoms with Crippen molar-refractivity contribution >= 4 is 33.2 Å². The van der Waals surface area contributed by atoms with Crippen molar-refractivity contribution in [3.63, 3.8) is 0 Å². The van der Waals surface area contributed by atoms with Crippen molar-refractivity contribution in [1.82, 2.24) is 0 Å². The van der Waals surface area contributed by atoms with Gasteiger partial charge in [0.1, 0.15) is 6.07 Å². The topological polar surface area (TPSA) is 64.9 Å². The molecule has 20 heavy (non-hydrogen) atoms. The van der Waals surface area contributed by atoms with Crippen LogP contribution in [0.5, 0.6) is 0 Å². The maximum atomic E-state index is 11.8. The van der Waals surface area contributed by atoms with Gasteiger partial charge < -0.3 is 10.6 Å². The van der Waals surface area contributed by atoms with Gasteiger partial charge in [0.05, 0.1) is 17.8 Å². The molecular formula is C15H12BrN3O. The van der Waals surface area contributed by atoms with Crippen LogP contribution in [0.15, 0.2) is 53.0 Å². The van der Waals surface area contributed by atoms with Crippen molar-refractivity contribution in [2.75, 3.05) is 17.2 Å². The van der Waals surface area contributed by atoms with Crippen molar-refractivity contribution in [2.45, 2.75) is 0 Å². The Morgan fingerprint density at radius 3 is 2.65 bits per heavy atom. The predicted molar refractivity (Wildman–Crippen MR) is 82.4 cm³/mol. The summed E-state index contributed by atoms with van der Waals surface area (Å²) in [6.07, 6.45) is 0. The zero-order valence-electron chi connectivity index (χ0n) is 10.6. The van der Waals surface area contributed by atoms with Gasteiger partial charge in [-0.05, 0) is 30.3 Å². The average molecular weight is 330 g/mol. The van der Waals surface area contributed by atoms with Gasteiger partial charge >= 0.3 is 0 Å². The Kier molecular flexibility index (Phi) is 4.75. The Hall–Kier alpha value is -2.32. The van der Waals surface area contributed by atoms with E-state index < -0.39 is 0 Å². The molecular weight excluding hydrogens is 318 g/mol. The van der Waals surface area contributed by atoms with Gasteiger partial charge in [0.2, 0.25) is 5.91 Å². The van der Waals surface area contributed by atoms with Crippen LogP contribution in [0.3, 0.4) is 0 Å². The van der Waals surface area contributed by atoms with Gasteiger partial charge in [0.25, 0.3) is 0 Å². The molecule has 0 saturated carbocycles. The number of benzene rings is 2. The number of para-hydroxylation sites is 1. The smallest absolute Gasteiger partial charge is 0.243 e. The zero-order valence-corrected chi connectivity index (χ0v) is 12.1. The number of rotatable bonds is 4. The van der Waals surface area contributed by atoms with E-state index in [0.29, 0.717) is 11.3 Å². The fraction of sp³-hybridized carbons (Fsp3) is 0.0667. The Morgan fingerprint density at radius 1 is 1.20 bits per heavy atom. The third kappa shape index (κ3) is 3.84. The largest absolute Gasteiger partial charge is 0.375 e. The average Bonchev–Trinajstić information content (AvgIpc) is 2.46. The molecule has 0 atom stereocenters. The first-order valence-electron chi connectivity index (χ1n) is 5.97. The number of hydrogen-bond donors (Lipinski definition) is 2. The molecule has 2 N–H and O–H groups in total. The first-order valence-corrected chi connectivity index (χ1v) is 6.77. The molecule has 0 heterocycles. The van der Waals surface area contributed by atoms with E-state index in [2.05, 4.69) is 32.6 Å². The molecule has 0 bridgehead atoms. The summed E-state index contributed by atoms with van der Waals surface area (Å²) in [5.41, 5.74) is 1.87. The van der Waals surface area contributed by atoms with E-state index in [1.54, 1.807) is 18.2 Å². The number of hydrogen-bond acceptors (Lipinski definition) is 3. The van der Waals surface area contributed by atoms with Crippen LogP contribution in [-0.2, 0) is 4.79 Å². The molecule has 0 aliphatic heterocycles. The van der Waals surface area contributed by atoms with Crippen molar-refractivity contribution in [2.24, 2.45) is 0 Å². The van der Waals surface area contributed by atoms with Crippen LogP contribution in [0.1, 0.15) is 5.56 Å². The summed E-state index contributed by atoms with van der Waals surface area (Å²) >= 11 is 3.34. The van der Waals surface area contributed by atoms with Gasteiger partial charge in [-0.25, -0.2) is 0 Å². The maximum absolute atomic E-state index is 11.8. The summed E-state index contributed by atoms with van der Waals surface area (Å²) in [7, 11) is 0. The van der Waals surface area contributed by atoms with Crippen LogP contribution in [0.2, 0.25) is 0 Å². The standard InChI is InChI=1S/C15H12BrN3O/c16-12-7-6-11(9-17)14(8-12)18-10-15(20)19-13-4-2-1-3-5-13/h1-8,18H,10H2,(H,19,20). The SMILES string of the molecule is N#Cc1ccc(Br)cc1NCC(=O)Nc1ccccc1. The Balaban J connectivity index is 1.97. The second kappa shape index (κ2) is 6.73. The van der Waals surface area contributed by atoms with Gasteiger partial charge in [-0.2, -0.15) is 5.26 Å². The lowest BCUT2D eigenvalue weighted by Gasteiger charge is -2.09. The highest BCUT2D eigenvalue weighted by Gasteiger charge is 2.06. The Labute approximate surface area is 125 Å². The highest BCUT2D eigenvalue weighted by Crippen LogP contribution is 2.20. The number of nitrogens with one attached hydrogen (secondary N) is 2. The van der Waals surface area contributed by atoms with E-state index in [1.807, 2.05) is 30.3 Å². The molecule has 0 aliphatic carbocycles. The molecule has 0 saturated heterocycles. The summed E-state index contributed by atoms with van der Waals surface area (Å²) in [6, 6.07) is 16.6. The lowest BCUT2D eigenvalue weighted by Crippen LogP contribution is -2.22. The van der Waals surface area contributed by atoms with E-state index in [9.17, 15) is 4.79 Å². The zero-order chi connectivity index (χ0) is 14.4. The van der Waals surface area contributed by atoms with Crippen molar-refractivity contribution in [3.05, 3.63) is 58.6 Å². The molecule has 0 spiro atoms. The maximum Gasteiger partial charge on any atom is 0.243 e. The monoisotopic (exact) mass is 329 g/mol. The molecule has 0 radical (unpaired) electrons. The summed E-state index contributed by atoms with van der Waals surface area (Å²) in [4.78, 5) is 11.8. The number of amides is 1. The third-order valence-corrected chi connectivity index (χ3v) is 3.09. The highest BCUT2D eigenvalue weighted by molar-refractivity contribution is 9.10. The predicted octanol–water partition coefficient (Wildman–Crippen LogP) is 3.37. The third-order valence-electron chi connectivity index (χ3n) is 2.60. The van der Waals surface area contributed by atoms with Crippen LogP contribution in [0.4, 0.5) is 11.4 Å². The number of anilines is 2. The van der Waals surface area contributed by atoms with E-state index in [4.69, 9.17) is 5.26 Å². The highest BCUT2D eigenvalue weighted by atomic mass is 79.9. The van der Waals surface area contributed by atoms with Crippen molar-refractivity contribution < 1.29 is 4.79 Å². The van der Waals surface area contributed by atoms with E-state index in [1.165, 1.54) is 0 Å². The van der Waals surface area contributed by atoms with Gasteiger partial charge in [-0.3, -0.25) is 4.79 Å². The van der Waals surface area contributed by atoms with Crippen LogP contribution in [-0.4, -0.2) is 12.5 Å². The normalized spacial score (nSPS) is 9.60. The van der Waals surface area contributed by atoms with E-state index in [-0.39, 0.29) is 12.5 Å². The van der Waals surface area contributed by atoms with Gasteiger partial charge in [0, 0.05) is 10.2 Å². The first-order chi connectivity index (χ1) is 9.69. The summed E-state index contributed by atoms with van der Waals surface area (Å²) in [6.45, 7) is 0.0972. The molecule has 4 nitrogen and oxygen atoms in total. The second-order valence-electron chi connectivity index (χ2n) is 4.07. The van der Waals surface area contributed by atoms with Gasteiger partial charge in [-0.1, -0.05) is 34.1 Å². The number of halogens is 1. The summed E-state index contributed by atoms with van der Waals surface area (Å²) < 4.78 is 0.850. The number of nitrogens with zero attached hydrogens (tertiary/aromatic N) is 1. The molecule has 100 valence electrons. The van der Waals surface area contributed by atoms with Crippen LogP contribution >= 0.6 is 15.9 Å². The van der Waals surface area contributed by atoms with Gasteiger partial charge in [-0.15, -0.1) is 0 Å². The second-order valence-corrected chi connectivity index (χ2v) is 4.99. The molecule has 0 unspecified atom stereocenters. The summed E-state index contributed by atoms with van der Waals surface area (Å²) in [5.74, 6) is -0.167. The first kappa shape index (κ1) is 14.1. The van der Waals surface area contributed by atoms with Crippen LogP contribution in [0.25, 0.3) is 0 Å². The molecule has 1 amide bonds. The molecule has 0 fully saturated rings. The lowest BCUT2D eigenvalue weighted by molar-refractivity contribution is -0.114. The van der Waals surface area contributed by atoms with Crippen molar-refractivity contribution in [1.29, 1.82) is 5.26 Å². The minimum Gasteiger partial charge on any atom is -0.375 e. The fourth-order valence-corrected chi connectivity index (χ4v) is 2.02. The molecule has 2 aromatic rings. The summed E-state index contributed by atoms with van der Waals surface area (Å²) in [5, 5.41) is 14.7.